The number of hydrogen-bond donors (Lipinski definition) is 2. The third-order valence-electron chi connectivity index (χ3n) is 2.40. The molecule has 0 aliphatic rings. The zero-order valence-electron chi connectivity index (χ0n) is 10.8. The Balaban J connectivity index is 2.40. The fraction of sp³-hybridized carbons (Fsp3) is 0.462. The number of methoxy groups -OCH3 is 1. The van der Waals surface area contributed by atoms with Crippen molar-refractivity contribution >= 4 is 21.8 Å². The summed E-state index contributed by atoms with van der Waals surface area (Å²) in [6.07, 6.45) is 0.607. The number of hydrogen-bond acceptors (Lipinski definition) is 4. The molecule has 0 atom stereocenters. The largest absolute Gasteiger partial charge is 0.497 e. The Kier molecular flexibility index (Phi) is 7.47. The number of benzene rings is 1. The normalized spacial score (nSPS) is 10.3. The summed E-state index contributed by atoms with van der Waals surface area (Å²) in [6, 6.07) is 5.22. The van der Waals surface area contributed by atoms with Gasteiger partial charge in [0, 0.05) is 24.2 Å². The summed E-state index contributed by atoms with van der Waals surface area (Å²) in [4.78, 5) is 11.9. The van der Waals surface area contributed by atoms with E-state index < -0.39 is 0 Å². The van der Waals surface area contributed by atoms with E-state index in [4.69, 9.17) is 14.6 Å². The standard InChI is InChI=1S/C13H18BrNO4/c1-18-10-3-4-12(14)11(9-10)13(17)15-5-8-19-7-2-6-16/h3-4,9,16H,2,5-8H2,1H3,(H,15,17). The lowest BCUT2D eigenvalue weighted by molar-refractivity contribution is 0.0897. The summed E-state index contributed by atoms with van der Waals surface area (Å²) < 4.78 is 11.0. The van der Waals surface area contributed by atoms with Crippen LogP contribution in [0.3, 0.4) is 0 Å². The van der Waals surface area contributed by atoms with Crippen LogP contribution >= 0.6 is 15.9 Å². The van der Waals surface area contributed by atoms with Gasteiger partial charge in [-0.25, -0.2) is 0 Å². The fourth-order valence-electron chi connectivity index (χ4n) is 1.41. The van der Waals surface area contributed by atoms with E-state index in [1.807, 2.05) is 0 Å². The van der Waals surface area contributed by atoms with Gasteiger partial charge in [0.2, 0.25) is 0 Å². The number of halogens is 1. The maximum atomic E-state index is 11.9. The number of carbonyl (C=O) groups excluding carboxylic acids is 1. The third-order valence-corrected chi connectivity index (χ3v) is 3.09. The average molecular weight is 332 g/mol. The van der Waals surface area contributed by atoms with Crippen LogP contribution in [0.4, 0.5) is 0 Å². The quantitative estimate of drug-likeness (QED) is 0.710. The van der Waals surface area contributed by atoms with Gasteiger partial charge < -0.3 is 19.9 Å². The van der Waals surface area contributed by atoms with Crippen LogP contribution in [0.1, 0.15) is 16.8 Å². The van der Waals surface area contributed by atoms with Crippen molar-refractivity contribution in [3.8, 4) is 5.75 Å². The predicted octanol–water partition coefficient (Wildman–Crippen LogP) is 1.59. The van der Waals surface area contributed by atoms with E-state index in [9.17, 15) is 4.79 Å². The van der Waals surface area contributed by atoms with Gasteiger partial charge in [-0.2, -0.15) is 0 Å². The zero-order chi connectivity index (χ0) is 14.1. The van der Waals surface area contributed by atoms with Crippen molar-refractivity contribution in [3.05, 3.63) is 28.2 Å². The lowest BCUT2D eigenvalue weighted by Gasteiger charge is -2.09. The van der Waals surface area contributed by atoms with Crippen molar-refractivity contribution in [2.24, 2.45) is 0 Å². The van der Waals surface area contributed by atoms with E-state index >= 15 is 0 Å². The highest BCUT2D eigenvalue weighted by molar-refractivity contribution is 9.10. The minimum absolute atomic E-state index is 0.114. The molecule has 1 amide bonds. The Morgan fingerprint density at radius 3 is 2.89 bits per heavy atom. The summed E-state index contributed by atoms with van der Waals surface area (Å²) in [5.74, 6) is 0.448. The summed E-state index contributed by atoms with van der Waals surface area (Å²) in [7, 11) is 1.56. The average Bonchev–Trinajstić information content (AvgIpc) is 2.43. The van der Waals surface area contributed by atoms with E-state index in [1.165, 1.54) is 0 Å². The number of rotatable bonds is 8. The highest BCUT2D eigenvalue weighted by Crippen LogP contribution is 2.22. The van der Waals surface area contributed by atoms with E-state index in [-0.39, 0.29) is 12.5 Å². The molecule has 0 aliphatic carbocycles. The second-order valence-electron chi connectivity index (χ2n) is 3.79. The Labute approximate surface area is 121 Å². The molecule has 19 heavy (non-hydrogen) atoms. The topological polar surface area (TPSA) is 67.8 Å². The van der Waals surface area contributed by atoms with E-state index in [0.717, 1.165) is 0 Å². The van der Waals surface area contributed by atoms with Crippen molar-refractivity contribution in [1.82, 2.24) is 5.32 Å². The summed E-state index contributed by atoms with van der Waals surface area (Å²) in [6.45, 7) is 1.46. The molecule has 1 aromatic carbocycles. The molecule has 1 rings (SSSR count). The summed E-state index contributed by atoms with van der Waals surface area (Å²) in [5, 5.41) is 11.3. The fourth-order valence-corrected chi connectivity index (χ4v) is 1.83. The first-order chi connectivity index (χ1) is 9.19. The summed E-state index contributed by atoms with van der Waals surface area (Å²) >= 11 is 3.33. The molecule has 0 saturated carbocycles. The molecule has 0 spiro atoms. The predicted molar refractivity (Wildman–Crippen MR) is 75.5 cm³/mol. The molecule has 0 bridgehead atoms. The zero-order valence-corrected chi connectivity index (χ0v) is 12.4. The number of aliphatic hydroxyl groups excluding tert-OH is 1. The Bertz CT molecular complexity index is 412. The molecule has 106 valence electrons. The summed E-state index contributed by atoms with van der Waals surface area (Å²) in [5.41, 5.74) is 0.523. The second kappa shape index (κ2) is 8.90. The smallest absolute Gasteiger partial charge is 0.252 e. The molecule has 0 heterocycles. The first-order valence-electron chi connectivity index (χ1n) is 5.99. The Morgan fingerprint density at radius 1 is 1.42 bits per heavy atom. The lowest BCUT2D eigenvalue weighted by Crippen LogP contribution is -2.27. The van der Waals surface area contributed by atoms with Crippen LogP contribution in [0, 0.1) is 0 Å². The van der Waals surface area contributed by atoms with Crippen LogP contribution < -0.4 is 10.1 Å². The second-order valence-corrected chi connectivity index (χ2v) is 4.65. The van der Waals surface area contributed by atoms with Gasteiger partial charge in [-0.15, -0.1) is 0 Å². The van der Waals surface area contributed by atoms with Crippen molar-refractivity contribution in [1.29, 1.82) is 0 Å². The van der Waals surface area contributed by atoms with Crippen molar-refractivity contribution in [2.45, 2.75) is 6.42 Å². The molecule has 0 unspecified atom stereocenters. The van der Waals surface area contributed by atoms with Crippen molar-refractivity contribution in [2.75, 3.05) is 33.5 Å². The minimum atomic E-state index is -0.184. The number of aliphatic hydroxyl groups is 1. The number of amides is 1. The van der Waals surface area contributed by atoms with Crippen LogP contribution in [0.25, 0.3) is 0 Å². The maximum Gasteiger partial charge on any atom is 0.252 e. The minimum Gasteiger partial charge on any atom is -0.497 e. The molecule has 1 aromatic rings. The number of carbonyl (C=O) groups is 1. The van der Waals surface area contributed by atoms with Gasteiger partial charge in [-0.1, -0.05) is 0 Å². The van der Waals surface area contributed by atoms with E-state index in [1.54, 1.807) is 25.3 Å². The van der Waals surface area contributed by atoms with Crippen LogP contribution in [0.5, 0.6) is 5.75 Å². The molecule has 6 heteroatoms. The lowest BCUT2D eigenvalue weighted by atomic mass is 10.2. The van der Waals surface area contributed by atoms with E-state index in [0.29, 0.717) is 42.0 Å². The van der Waals surface area contributed by atoms with Gasteiger partial charge >= 0.3 is 0 Å². The molecule has 0 fully saturated rings. The third kappa shape index (κ3) is 5.59. The number of nitrogens with one attached hydrogen (secondary N) is 1. The molecule has 5 nitrogen and oxygen atoms in total. The van der Waals surface area contributed by atoms with Crippen LogP contribution in [0.15, 0.2) is 22.7 Å². The molecule has 0 aliphatic heterocycles. The highest BCUT2D eigenvalue weighted by atomic mass is 79.9. The van der Waals surface area contributed by atoms with Crippen molar-refractivity contribution < 1.29 is 19.4 Å². The van der Waals surface area contributed by atoms with Gasteiger partial charge in [-0.3, -0.25) is 4.79 Å². The van der Waals surface area contributed by atoms with Crippen LogP contribution in [-0.2, 0) is 4.74 Å². The SMILES string of the molecule is COc1ccc(Br)c(C(=O)NCCOCCCO)c1. The van der Waals surface area contributed by atoms with Gasteiger partial charge in [0.25, 0.3) is 5.91 Å². The molecule has 0 aromatic heterocycles. The molecule has 0 radical (unpaired) electrons. The van der Waals surface area contributed by atoms with Gasteiger partial charge in [-0.05, 0) is 40.5 Å². The number of ether oxygens (including phenoxy) is 2. The first kappa shape index (κ1) is 15.9. The Hall–Kier alpha value is -1.11. The van der Waals surface area contributed by atoms with Crippen LogP contribution in [0.2, 0.25) is 0 Å². The molecular formula is C13H18BrNO4. The molecule has 0 saturated heterocycles. The molecular weight excluding hydrogens is 314 g/mol. The monoisotopic (exact) mass is 331 g/mol. The maximum absolute atomic E-state index is 11.9. The highest BCUT2D eigenvalue weighted by Gasteiger charge is 2.10. The molecule has 2 N–H and O–H groups in total. The van der Waals surface area contributed by atoms with Crippen LogP contribution in [-0.4, -0.2) is 44.5 Å². The van der Waals surface area contributed by atoms with E-state index in [2.05, 4.69) is 21.2 Å². The van der Waals surface area contributed by atoms with Gasteiger partial charge in [0.15, 0.2) is 0 Å². The van der Waals surface area contributed by atoms with Crippen molar-refractivity contribution in [3.63, 3.8) is 0 Å². The van der Waals surface area contributed by atoms with Gasteiger partial charge in [0.1, 0.15) is 5.75 Å². The first-order valence-corrected chi connectivity index (χ1v) is 6.78. The Morgan fingerprint density at radius 2 is 2.21 bits per heavy atom. The van der Waals surface area contributed by atoms with Gasteiger partial charge in [0.05, 0.1) is 19.3 Å².